The van der Waals surface area contributed by atoms with E-state index in [4.69, 9.17) is 4.74 Å². The highest BCUT2D eigenvalue weighted by Gasteiger charge is 2.11. The Kier molecular flexibility index (Phi) is 16.9. The van der Waals surface area contributed by atoms with Gasteiger partial charge in [0.25, 0.3) is 0 Å². The van der Waals surface area contributed by atoms with Crippen LogP contribution in [0, 0.1) is 0 Å². The minimum atomic E-state index is 0.451. The fourth-order valence-electron chi connectivity index (χ4n) is 2.22. The Bertz CT molecular complexity index is 194. The molecule has 0 aliphatic heterocycles. The van der Waals surface area contributed by atoms with Gasteiger partial charge in [-0.25, -0.2) is 0 Å². The quantitative estimate of drug-likeness (QED) is 0.273. The molecule has 1 atom stereocenters. The molecule has 0 radical (unpaired) electrons. The zero-order valence-corrected chi connectivity index (χ0v) is 15.8. The molecule has 0 heterocycles. The Labute approximate surface area is 138 Å². The van der Waals surface area contributed by atoms with Crippen molar-refractivity contribution in [3.8, 4) is 0 Å². The third-order valence-corrected chi connectivity index (χ3v) is 4.98. The van der Waals surface area contributed by atoms with Gasteiger partial charge >= 0.3 is 0 Å². The summed E-state index contributed by atoms with van der Waals surface area (Å²) >= 11 is 2.06. The lowest BCUT2D eigenvalue weighted by molar-refractivity contribution is -0.0173. The van der Waals surface area contributed by atoms with Crippen LogP contribution in [0.1, 0.15) is 79.1 Å². The number of hydrogen-bond acceptors (Lipinski definition) is 3. The molecule has 2 nitrogen and oxygen atoms in total. The fraction of sp³-hybridized carbons (Fsp3) is 1.00. The normalized spacial score (nSPS) is 13.0. The molecule has 0 aliphatic rings. The molecular formula is C18H39NOS. The van der Waals surface area contributed by atoms with Crippen LogP contribution in [0.4, 0.5) is 0 Å². The smallest absolute Gasteiger partial charge is 0.0994 e. The Morgan fingerprint density at radius 3 is 2.00 bits per heavy atom. The van der Waals surface area contributed by atoms with Crippen LogP contribution in [-0.2, 0) is 4.74 Å². The average molecular weight is 318 g/mol. The lowest BCUT2D eigenvalue weighted by Crippen LogP contribution is -2.32. The van der Waals surface area contributed by atoms with Crippen molar-refractivity contribution in [1.82, 2.24) is 4.90 Å². The topological polar surface area (TPSA) is 12.5 Å². The van der Waals surface area contributed by atoms with Gasteiger partial charge in [-0.1, -0.05) is 53.4 Å². The van der Waals surface area contributed by atoms with Crippen molar-refractivity contribution < 1.29 is 4.74 Å². The van der Waals surface area contributed by atoms with Crippen molar-refractivity contribution in [2.75, 3.05) is 31.3 Å². The van der Waals surface area contributed by atoms with Crippen LogP contribution in [0.3, 0.4) is 0 Å². The van der Waals surface area contributed by atoms with Gasteiger partial charge in [0.2, 0.25) is 0 Å². The standard InChI is InChI=1S/C18H39NOS/c1-5-9-12-18(16-21-15-8-4)20-17-19(13-10-6-2)14-11-7-3/h18H,5-17H2,1-4H3. The Balaban J connectivity index is 4.08. The second-order valence-corrected chi connectivity index (χ2v) is 7.11. The number of ether oxygens (including phenoxy) is 1. The zero-order chi connectivity index (χ0) is 15.8. The maximum atomic E-state index is 6.25. The summed E-state index contributed by atoms with van der Waals surface area (Å²) in [5.41, 5.74) is 0. The van der Waals surface area contributed by atoms with Gasteiger partial charge < -0.3 is 4.74 Å². The lowest BCUT2D eigenvalue weighted by Gasteiger charge is -2.25. The summed E-state index contributed by atoms with van der Waals surface area (Å²) in [7, 11) is 0. The summed E-state index contributed by atoms with van der Waals surface area (Å²) in [6.07, 6.45) is 10.6. The molecule has 0 amide bonds. The summed E-state index contributed by atoms with van der Waals surface area (Å²) in [4.78, 5) is 2.51. The highest BCUT2D eigenvalue weighted by molar-refractivity contribution is 7.99. The third-order valence-electron chi connectivity index (χ3n) is 3.68. The van der Waals surface area contributed by atoms with E-state index in [0.717, 1.165) is 6.73 Å². The number of rotatable bonds is 16. The van der Waals surface area contributed by atoms with E-state index in [0.29, 0.717) is 6.10 Å². The summed E-state index contributed by atoms with van der Waals surface area (Å²) < 4.78 is 6.25. The predicted octanol–water partition coefficient (Wildman–Crippen LogP) is 5.56. The highest BCUT2D eigenvalue weighted by atomic mass is 32.2. The molecule has 21 heavy (non-hydrogen) atoms. The van der Waals surface area contributed by atoms with Crippen molar-refractivity contribution in [3.05, 3.63) is 0 Å². The van der Waals surface area contributed by atoms with Crippen molar-refractivity contribution >= 4 is 11.8 Å². The number of nitrogens with zero attached hydrogens (tertiary/aromatic N) is 1. The van der Waals surface area contributed by atoms with Crippen molar-refractivity contribution in [2.24, 2.45) is 0 Å². The monoisotopic (exact) mass is 317 g/mol. The molecule has 3 heteroatoms. The summed E-state index contributed by atoms with van der Waals surface area (Å²) in [6.45, 7) is 12.3. The van der Waals surface area contributed by atoms with E-state index in [1.54, 1.807) is 0 Å². The Morgan fingerprint density at radius 2 is 1.48 bits per heavy atom. The van der Waals surface area contributed by atoms with E-state index in [9.17, 15) is 0 Å². The second-order valence-electron chi connectivity index (χ2n) is 5.96. The molecule has 0 aromatic carbocycles. The maximum absolute atomic E-state index is 6.25. The highest BCUT2D eigenvalue weighted by Crippen LogP contribution is 2.14. The van der Waals surface area contributed by atoms with Crippen LogP contribution in [-0.4, -0.2) is 42.3 Å². The predicted molar refractivity (Wildman–Crippen MR) is 98.3 cm³/mol. The van der Waals surface area contributed by atoms with E-state index in [1.165, 1.54) is 76.0 Å². The van der Waals surface area contributed by atoms with Crippen LogP contribution in [0.15, 0.2) is 0 Å². The van der Waals surface area contributed by atoms with Gasteiger partial charge in [-0.2, -0.15) is 11.8 Å². The Morgan fingerprint density at radius 1 is 0.857 bits per heavy atom. The third kappa shape index (κ3) is 13.6. The van der Waals surface area contributed by atoms with Crippen molar-refractivity contribution in [2.45, 2.75) is 85.2 Å². The van der Waals surface area contributed by atoms with E-state index in [-0.39, 0.29) is 0 Å². The summed E-state index contributed by atoms with van der Waals surface area (Å²) in [5.74, 6) is 2.44. The maximum Gasteiger partial charge on any atom is 0.0994 e. The van der Waals surface area contributed by atoms with Gasteiger partial charge in [0, 0.05) is 18.8 Å². The van der Waals surface area contributed by atoms with Crippen LogP contribution >= 0.6 is 11.8 Å². The SMILES string of the molecule is CCCCC(CSCCC)OCN(CCCC)CCCC. The van der Waals surface area contributed by atoms with Crippen LogP contribution in [0.2, 0.25) is 0 Å². The number of unbranched alkanes of at least 4 members (excludes halogenated alkanes) is 3. The minimum absolute atomic E-state index is 0.451. The molecular weight excluding hydrogens is 278 g/mol. The van der Waals surface area contributed by atoms with Gasteiger partial charge in [0.05, 0.1) is 12.8 Å². The first-order valence-corrected chi connectivity index (χ1v) is 10.4. The first-order valence-electron chi connectivity index (χ1n) is 9.20. The second kappa shape index (κ2) is 16.6. The number of thioether (sulfide) groups is 1. The Hall–Kier alpha value is 0.270. The number of hydrogen-bond donors (Lipinski definition) is 0. The van der Waals surface area contributed by atoms with Crippen LogP contribution in [0.5, 0.6) is 0 Å². The molecule has 0 saturated carbocycles. The van der Waals surface area contributed by atoms with Crippen molar-refractivity contribution in [3.63, 3.8) is 0 Å². The molecule has 0 spiro atoms. The molecule has 0 aromatic rings. The van der Waals surface area contributed by atoms with Gasteiger partial charge in [-0.05, 0) is 31.4 Å². The van der Waals surface area contributed by atoms with Crippen molar-refractivity contribution in [1.29, 1.82) is 0 Å². The summed E-state index contributed by atoms with van der Waals surface area (Å²) in [6, 6.07) is 0. The van der Waals surface area contributed by atoms with Gasteiger partial charge in [-0.15, -0.1) is 0 Å². The molecule has 0 N–H and O–H groups in total. The van der Waals surface area contributed by atoms with E-state index in [2.05, 4.69) is 44.4 Å². The van der Waals surface area contributed by atoms with Gasteiger partial charge in [0.15, 0.2) is 0 Å². The molecule has 0 saturated heterocycles. The van der Waals surface area contributed by atoms with Crippen LogP contribution in [0.25, 0.3) is 0 Å². The lowest BCUT2D eigenvalue weighted by atomic mass is 10.2. The van der Waals surface area contributed by atoms with Gasteiger partial charge in [0.1, 0.15) is 0 Å². The van der Waals surface area contributed by atoms with Crippen LogP contribution < -0.4 is 0 Å². The molecule has 0 bridgehead atoms. The molecule has 0 rings (SSSR count). The van der Waals surface area contributed by atoms with E-state index in [1.807, 2.05) is 0 Å². The van der Waals surface area contributed by atoms with E-state index >= 15 is 0 Å². The first kappa shape index (κ1) is 21.3. The van der Waals surface area contributed by atoms with E-state index < -0.39 is 0 Å². The zero-order valence-electron chi connectivity index (χ0n) is 15.0. The summed E-state index contributed by atoms with van der Waals surface area (Å²) in [5, 5.41) is 0. The average Bonchev–Trinajstić information content (AvgIpc) is 2.51. The molecule has 1 unspecified atom stereocenters. The molecule has 128 valence electrons. The fourth-order valence-corrected chi connectivity index (χ4v) is 3.20. The molecule has 0 fully saturated rings. The minimum Gasteiger partial charge on any atom is -0.362 e. The molecule has 0 aromatic heterocycles. The van der Waals surface area contributed by atoms with Gasteiger partial charge in [-0.3, -0.25) is 4.90 Å². The first-order chi connectivity index (χ1) is 10.3. The largest absolute Gasteiger partial charge is 0.362 e. The molecule has 0 aliphatic carbocycles.